The molecule has 1 N–H and O–H groups in total. The van der Waals surface area contributed by atoms with Crippen molar-refractivity contribution in [3.8, 4) is 0 Å². The summed E-state index contributed by atoms with van der Waals surface area (Å²) >= 11 is 6.07. The second kappa shape index (κ2) is 7.66. The molecule has 2 aromatic carbocycles. The van der Waals surface area contributed by atoms with Gasteiger partial charge in [0.1, 0.15) is 5.82 Å². The number of carbonyl (C=O) groups excluding carboxylic acids is 2. The van der Waals surface area contributed by atoms with E-state index in [-0.39, 0.29) is 23.5 Å². The third kappa shape index (κ3) is 4.17. The van der Waals surface area contributed by atoms with E-state index in [0.717, 1.165) is 6.42 Å². The molecule has 2 aromatic rings. The molecule has 2 amide bonds. The number of rotatable bonds is 3. The van der Waals surface area contributed by atoms with Gasteiger partial charge in [0.05, 0.1) is 16.6 Å². The van der Waals surface area contributed by atoms with E-state index in [4.69, 9.17) is 11.6 Å². The van der Waals surface area contributed by atoms with Gasteiger partial charge in [-0.05, 0) is 49.2 Å². The Bertz CT molecular complexity index is 779. The van der Waals surface area contributed by atoms with Gasteiger partial charge in [0.25, 0.3) is 5.91 Å². The Morgan fingerprint density at radius 2 is 1.84 bits per heavy atom. The molecule has 1 heterocycles. The number of hydrogen-bond donors (Lipinski definition) is 1. The molecule has 3 rings (SSSR count). The van der Waals surface area contributed by atoms with Gasteiger partial charge in [-0.3, -0.25) is 9.59 Å². The number of hydrogen-bond acceptors (Lipinski definition) is 2. The number of nitrogens with zero attached hydrogens (tertiary/aromatic N) is 1. The van der Waals surface area contributed by atoms with E-state index in [2.05, 4.69) is 5.32 Å². The molecule has 0 spiro atoms. The monoisotopic (exact) mass is 360 g/mol. The van der Waals surface area contributed by atoms with Crippen LogP contribution in [0.5, 0.6) is 0 Å². The highest BCUT2D eigenvalue weighted by Crippen LogP contribution is 2.24. The number of piperidine rings is 1. The summed E-state index contributed by atoms with van der Waals surface area (Å²) in [5, 5.41) is 3.31. The van der Waals surface area contributed by atoms with E-state index < -0.39 is 0 Å². The quantitative estimate of drug-likeness (QED) is 0.900. The summed E-state index contributed by atoms with van der Waals surface area (Å²) in [6.07, 6.45) is 1.46. The van der Waals surface area contributed by atoms with Crippen LogP contribution in [0.2, 0.25) is 5.02 Å². The number of nitrogens with one attached hydrogen (secondary N) is 1. The molecule has 0 bridgehead atoms. The van der Waals surface area contributed by atoms with Gasteiger partial charge in [0.15, 0.2) is 0 Å². The SMILES string of the molecule is O=C(Nc1ccccc1Cl)[C@@H]1CCCN(C(=O)c2ccc(F)cc2)C1. The van der Waals surface area contributed by atoms with E-state index in [1.807, 2.05) is 0 Å². The van der Waals surface area contributed by atoms with Gasteiger partial charge in [-0.1, -0.05) is 23.7 Å². The predicted molar refractivity (Wildman–Crippen MR) is 95.1 cm³/mol. The van der Waals surface area contributed by atoms with Gasteiger partial charge in [0, 0.05) is 18.7 Å². The van der Waals surface area contributed by atoms with Crippen molar-refractivity contribution < 1.29 is 14.0 Å². The number of benzene rings is 2. The number of amides is 2. The maximum Gasteiger partial charge on any atom is 0.253 e. The fraction of sp³-hybridized carbons (Fsp3) is 0.263. The summed E-state index contributed by atoms with van der Waals surface area (Å²) in [4.78, 5) is 26.7. The third-order valence-corrected chi connectivity index (χ3v) is 4.63. The average molecular weight is 361 g/mol. The fourth-order valence-electron chi connectivity index (χ4n) is 2.95. The summed E-state index contributed by atoms with van der Waals surface area (Å²) in [6.45, 7) is 0.929. The van der Waals surface area contributed by atoms with Crippen molar-refractivity contribution in [2.75, 3.05) is 18.4 Å². The summed E-state index contributed by atoms with van der Waals surface area (Å²) in [7, 11) is 0. The van der Waals surface area contributed by atoms with Gasteiger partial charge in [-0.2, -0.15) is 0 Å². The molecule has 130 valence electrons. The molecule has 0 aromatic heterocycles. The van der Waals surface area contributed by atoms with Crippen molar-refractivity contribution in [1.82, 2.24) is 4.90 Å². The smallest absolute Gasteiger partial charge is 0.253 e. The minimum absolute atomic E-state index is 0.148. The van der Waals surface area contributed by atoms with Crippen molar-refractivity contribution in [2.24, 2.45) is 5.92 Å². The summed E-state index contributed by atoms with van der Waals surface area (Å²) in [5.74, 6) is -1.01. The molecular formula is C19H18ClFN2O2. The van der Waals surface area contributed by atoms with Crippen molar-refractivity contribution in [1.29, 1.82) is 0 Å². The zero-order chi connectivity index (χ0) is 17.8. The van der Waals surface area contributed by atoms with Crippen LogP contribution in [-0.4, -0.2) is 29.8 Å². The lowest BCUT2D eigenvalue weighted by molar-refractivity contribution is -0.121. The lowest BCUT2D eigenvalue weighted by atomic mass is 9.96. The third-order valence-electron chi connectivity index (χ3n) is 4.30. The lowest BCUT2D eigenvalue weighted by Gasteiger charge is -2.32. The zero-order valence-corrected chi connectivity index (χ0v) is 14.3. The Balaban J connectivity index is 1.66. The molecular weight excluding hydrogens is 343 g/mol. The highest BCUT2D eigenvalue weighted by atomic mass is 35.5. The standard InChI is InChI=1S/C19H18ClFN2O2/c20-16-5-1-2-6-17(16)22-18(24)14-4-3-11-23(12-14)19(25)13-7-9-15(21)10-8-13/h1-2,5-10,14H,3-4,11-12H2,(H,22,24)/t14-/m1/s1. The molecule has 1 aliphatic rings. The largest absolute Gasteiger partial charge is 0.338 e. The molecule has 0 aliphatic carbocycles. The second-order valence-corrected chi connectivity index (χ2v) is 6.47. The van der Waals surface area contributed by atoms with Crippen molar-refractivity contribution >= 4 is 29.1 Å². The first-order valence-electron chi connectivity index (χ1n) is 8.15. The van der Waals surface area contributed by atoms with Gasteiger partial charge < -0.3 is 10.2 Å². The number of para-hydroxylation sites is 1. The first-order chi connectivity index (χ1) is 12.0. The number of halogens is 2. The van der Waals surface area contributed by atoms with Gasteiger partial charge in [0.2, 0.25) is 5.91 Å². The van der Waals surface area contributed by atoms with Crippen molar-refractivity contribution in [3.05, 3.63) is 64.9 Å². The van der Waals surface area contributed by atoms with Crippen molar-refractivity contribution in [3.63, 3.8) is 0 Å². The molecule has 6 heteroatoms. The Labute approximate surface area is 150 Å². The average Bonchev–Trinajstić information content (AvgIpc) is 2.64. The zero-order valence-electron chi connectivity index (χ0n) is 13.5. The van der Waals surface area contributed by atoms with E-state index in [9.17, 15) is 14.0 Å². The van der Waals surface area contributed by atoms with Crippen LogP contribution in [0.1, 0.15) is 23.2 Å². The van der Waals surface area contributed by atoms with Crippen LogP contribution in [0.25, 0.3) is 0 Å². The number of likely N-dealkylation sites (tertiary alicyclic amines) is 1. The van der Waals surface area contributed by atoms with E-state index in [0.29, 0.717) is 35.8 Å². The summed E-state index contributed by atoms with van der Waals surface area (Å²) < 4.78 is 13.0. The molecule has 1 aliphatic heterocycles. The number of anilines is 1. The second-order valence-electron chi connectivity index (χ2n) is 6.07. The topological polar surface area (TPSA) is 49.4 Å². The molecule has 0 saturated carbocycles. The Kier molecular flexibility index (Phi) is 5.34. The summed E-state index contributed by atoms with van der Waals surface area (Å²) in [5.41, 5.74) is 0.990. The first-order valence-corrected chi connectivity index (χ1v) is 8.52. The Morgan fingerprint density at radius 1 is 1.12 bits per heavy atom. The van der Waals surface area contributed by atoms with Crippen LogP contribution in [0.3, 0.4) is 0 Å². The van der Waals surface area contributed by atoms with E-state index in [1.165, 1.54) is 24.3 Å². The fourth-order valence-corrected chi connectivity index (χ4v) is 3.13. The number of carbonyl (C=O) groups is 2. The molecule has 1 fully saturated rings. The van der Waals surface area contributed by atoms with Gasteiger partial charge in [-0.15, -0.1) is 0 Å². The minimum atomic E-state index is -0.382. The molecule has 1 saturated heterocycles. The van der Waals surface area contributed by atoms with Crippen LogP contribution in [0.15, 0.2) is 48.5 Å². The normalized spacial score (nSPS) is 17.2. The predicted octanol–water partition coefficient (Wildman–Crippen LogP) is 3.97. The van der Waals surface area contributed by atoms with Crippen molar-refractivity contribution in [2.45, 2.75) is 12.8 Å². The van der Waals surface area contributed by atoms with Gasteiger partial charge in [-0.25, -0.2) is 4.39 Å². The molecule has 0 radical (unpaired) electrons. The Hall–Kier alpha value is -2.40. The van der Waals surface area contributed by atoms with Crippen LogP contribution in [0, 0.1) is 11.7 Å². The minimum Gasteiger partial charge on any atom is -0.338 e. The van der Waals surface area contributed by atoms with E-state index in [1.54, 1.807) is 29.2 Å². The highest BCUT2D eigenvalue weighted by molar-refractivity contribution is 6.33. The highest BCUT2D eigenvalue weighted by Gasteiger charge is 2.29. The molecule has 1 atom stereocenters. The maximum atomic E-state index is 13.0. The van der Waals surface area contributed by atoms with Crippen LogP contribution >= 0.6 is 11.6 Å². The van der Waals surface area contributed by atoms with Crippen LogP contribution in [-0.2, 0) is 4.79 Å². The Morgan fingerprint density at radius 3 is 2.56 bits per heavy atom. The van der Waals surface area contributed by atoms with Crippen LogP contribution < -0.4 is 5.32 Å². The van der Waals surface area contributed by atoms with E-state index >= 15 is 0 Å². The lowest BCUT2D eigenvalue weighted by Crippen LogP contribution is -2.43. The maximum absolute atomic E-state index is 13.0. The molecule has 25 heavy (non-hydrogen) atoms. The molecule has 4 nitrogen and oxygen atoms in total. The summed E-state index contributed by atoms with van der Waals surface area (Å²) in [6, 6.07) is 12.5. The van der Waals surface area contributed by atoms with Gasteiger partial charge >= 0.3 is 0 Å². The first kappa shape index (κ1) is 17.4. The van der Waals surface area contributed by atoms with Crippen LogP contribution in [0.4, 0.5) is 10.1 Å². The molecule has 0 unspecified atom stereocenters.